The van der Waals surface area contributed by atoms with E-state index in [0.717, 1.165) is 16.9 Å². The lowest BCUT2D eigenvalue weighted by Gasteiger charge is -2.15. The van der Waals surface area contributed by atoms with Crippen LogP contribution in [0.1, 0.15) is 18.4 Å². The number of carbonyl (C=O) groups is 1. The number of thiophene rings is 1. The van der Waals surface area contributed by atoms with Crippen LogP contribution in [0, 0.1) is 5.92 Å². The molecule has 2 N–H and O–H groups in total. The highest BCUT2D eigenvalue weighted by atomic mass is 32.2. The van der Waals surface area contributed by atoms with Crippen LogP contribution in [0.4, 0.5) is 0 Å². The number of carboxylic acid groups (broad SMARTS) is 1. The van der Waals surface area contributed by atoms with E-state index >= 15 is 0 Å². The molecule has 3 atom stereocenters. The van der Waals surface area contributed by atoms with E-state index in [0.29, 0.717) is 5.00 Å². The summed E-state index contributed by atoms with van der Waals surface area (Å²) in [4.78, 5) is 12.0. The fourth-order valence-electron chi connectivity index (χ4n) is 3.55. The summed E-state index contributed by atoms with van der Waals surface area (Å²) in [6.07, 6.45) is 3.31. The Kier molecular flexibility index (Phi) is 4.17. The van der Waals surface area contributed by atoms with Crippen molar-refractivity contribution >= 4 is 27.3 Å². The van der Waals surface area contributed by atoms with Crippen molar-refractivity contribution < 1.29 is 18.3 Å². The van der Waals surface area contributed by atoms with Crippen molar-refractivity contribution in [2.24, 2.45) is 5.92 Å². The molecule has 1 aliphatic carbocycles. The second-order valence-corrected chi connectivity index (χ2v) is 9.47. The van der Waals surface area contributed by atoms with Gasteiger partial charge < -0.3 is 5.11 Å². The van der Waals surface area contributed by atoms with Gasteiger partial charge in [0.2, 0.25) is 0 Å². The quantitative estimate of drug-likeness (QED) is 0.658. The molecule has 0 unspecified atom stereocenters. The maximum atomic E-state index is 12.9. The van der Waals surface area contributed by atoms with Crippen LogP contribution in [0.15, 0.2) is 65.1 Å². The van der Waals surface area contributed by atoms with E-state index in [2.05, 4.69) is 9.82 Å². The van der Waals surface area contributed by atoms with Gasteiger partial charge in [-0.3, -0.25) is 4.79 Å². The fourth-order valence-corrected chi connectivity index (χ4v) is 6.24. The van der Waals surface area contributed by atoms with Crippen LogP contribution in [0.2, 0.25) is 0 Å². The van der Waals surface area contributed by atoms with Crippen molar-refractivity contribution in [2.45, 2.75) is 22.6 Å². The highest BCUT2D eigenvalue weighted by molar-refractivity contribution is 7.91. The van der Waals surface area contributed by atoms with Crippen LogP contribution in [0.5, 0.6) is 0 Å². The predicted molar refractivity (Wildman–Crippen MR) is 100 cm³/mol. The number of sulfonamides is 1. The summed E-state index contributed by atoms with van der Waals surface area (Å²) in [7, 11) is -4.00. The molecule has 0 radical (unpaired) electrons. The second kappa shape index (κ2) is 6.29. The van der Waals surface area contributed by atoms with Gasteiger partial charge in [0.05, 0.1) is 0 Å². The third-order valence-electron chi connectivity index (χ3n) is 4.98. The monoisotopic (exact) mass is 403 g/mol. The molecule has 4 rings (SSSR count). The van der Waals surface area contributed by atoms with Gasteiger partial charge in [-0.2, -0.15) is 9.82 Å². The topological polar surface area (TPSA) is 101 Å². The number of aromatic nitrogens is 2. The minimum atomic E-state index is -4.00. The lowest BCUT2D eigenvalue weighted by Crippen LogP contribution is -2.45. The zero-order valence-corrected chi connectivity index (χ0v) is 15.9. The SMILES string of the molecule is C[C@@H]1[C@H](c2ccccc2)[C@]1(NS(=O)(=O)c1ccc(-n2cccn2)s1)C(=O)O. The van der Waals surface area contributed by atoms with E-state index in [4.69, 9.17) is 0 Å². The molecule has 0 bridgehead atoms. The first-order chi connectivity index (χ1) is 12.9. The summed E-state index contributed by atoms with van der Waals surface area (Å²) in [6.45, 7) is 1.75. The number of aliphatic carboxylic acids is 1. The predicted octanol–water partition coefficient (Wildman–Crippen LogP) is 2.47. The number of hydrogen-bond acceptors (Lipinski definition) is 5. The molecule has 1 saturated carbocycles. The summed E-state index contributed by atoms with van der Waals surface area (Å²) in [6, 6.07) is 14.0. The van der Waals surface area contributed by atoms with Crippen molar-refractivity contribution in [3.63, 3.8) is 0 Å². The summed E-state index contributed by atoms with van der Waals surface area (Å²) in [5.41, 5.74) is -0.741. The zero-order valence-electron chi connectivity index (χ0n) is 14.3. The minimum Gasteiger partial charge on any atom is -0.480 e. The van der Waals surface area contributed by atoms with Crippen molar-refractivity contribution in [1.29, 1.82) is 0 Å². The summed E-state index contributed by atoms with van der Waals surface area (Å²) >= 11 is 1.03. The lowest BCUT2D eigenvalue weighted by molar-refractivity contribution is -0.140. The van der Waals surface area contributed by atoms with Crippen molar-refractivity contribution in [1.82, 2.24) is 14.5 Å². The van der Waals surface area contributed by atoms with Crippen molar-refractivity contribution in [3.05, 3.63) is 66.5 Å². The first-order valence-electron chi connectivity index (χ1n) is 8.28. The molecular weight excluding hydrogens is 386 g/mol. The Balaban J connectivity index is 1.66. The highest BCUT2D eigenvalue weighted by Crippen LogP contribution is 2.58. The molecule has 0 saturated heterocycles. The van der Waals surface area contributed by atoms with Gasteiger partial charge in [-0.1, -0.05) is 37.3 Å². The summed E-state index contributed by atoms with van der Waals surface area (Å²) in [5, 5.41) is 14.5. The molecule has 2 heterocycles. The van der Waals surface area contributed by atoms with E-state index in [-0.39, 0.29) is 10.1 Å². The summed E-state index contributed by atoms with van der Waals surface area (Å²) in [5.74, 6) is -1.95. The van der Waals surface area contributed by atoms with Crippen LogP contribution in [-0.4, -0.2) is 34.8 Å². The maximum absolute atomic E-state index is 12.9. The Morgan fingerprint density at radius 3 is 2.59 bits per heavy atom. The number of carboxylic acids is 1. The molecule has 1 aliphatic rings. The Bertz CT molecular complexity index is 1080. The van der Waals surface area contributed by atoms with Gasteiger partial charge in [-0.05, 0) is 29.7 Å². The normalized spacial score (nSPS) is 24.6. The van der Waals surface area contributed by atoms with Gasteiger partial charge in [0.15, 0.2) is 0 Å². The number of nitrogens with zero attached hydrogens (tertiary/aromatic N) is 2. The highest BCUT2D eigenvalue weighted by Gasteiger charge is 2.70. The van der Waals surface area contributed by atoms with Crippen LogP contribution >= 0.6 is 11.3 Å². The zero-order chi connectivity index (χ0) is 19.2. The average Bonchev–Trinajstić information content (AvgIpc) is 3.11. The first kappa shape index (κ1) is 17.9. The minimum absolute atomic E-state index is 0.0551. The number of rotatable bonds is 6. The number of benzene rings is 1. The molecule has 1 aromatic carbocycles. The van der Waals surface area contributed by atoms with Crippen LogP contribution in [0.3, 0.4) is 0 Å². The van der Waals surface area contributed by atoms with Crippen LogP contribution in [0.25, 0.3) is 5.00 Å². The molecule has 7 nitrogen and oxygen atoms in total. The summed E-state index contributed by atoms with van der Waals surface area (Å²) < 4.78 is 29.9. The Hall–Kier alpha value is -2.49. The van der Waals surface area contributed by atoms with Gasteiger partial charge in [0.25, 0.3) is 10.0 Å². The fraction of sp³-hybridized carbons (Fsp3) is 0.222. The van der Waals surface area contributed by atoms with Gasteiger partial charge in [-0.25, -0.2) is 13.1 Å². The Labute approximate surface area is 160 Å². The average molecular weight is 403 g/mol. The van der Waals surface area contributed by atoms with Crippen molar-refractivity contribution in [3.8, 4) is 5.00 Å². The molecule has 0 spiro atoms. The third kappa shape index (κ3) is 2.88. The second-order valence-electron chi connectivity index (χ2n) is 6.50. The van der Waals surface area contributed by atoms with Gasteiger partial charge >= 0.3 is 5.97 Å². The van der Waals surface area contributed by atoms with Crippen LogP contribution < -0.4 is 4.72 Å². The van der Waals surface area contributed by atoms with E-state index < -0.39 is 27.4 Å². The third-order valence-corrected chi connectivity index (χ3v) is 8.03. The molecule has 140 valence electrons. The van der Waals surface area contributed by atoms with Gasteiger partial charge in [0.1, 0.15) is 14.7 Å². The maximum Gasteiger partial charge on any atom is 0.325 e. The van der Waals surface area contributed by atoms with Crippen LogP contribution in [-0.2, 0) is 14.8 Å². The largest absolute Gasteiger partial charge is 0.480 e. The smallest absolute Gasteiger partial charge is 0.325 e. The first-order valence-corrected chi connectivity index (χ1v) is 10.6. The molecule has 0 amide bonds. The Morgan fingerprint density at radius 1 is 1.22 bits per heavy atom. The molecule has 1 fully saturated rings. The molecular formula is C18H17N3O4S2. The number of nitrogens with one attached hydrogen (secondary N) is 1. The lowest BCUT2D eigenvalue weighted by atomic mass is 10.1. The number of hydrogen-bond donors (Lipinski definition) is 2. The van der Waals surface area contributed by atoms with E-state index in [1.165, 1.54) is 6.07 Å². The molecule has 2 aromatic heterocycles. The molecule has 0 aliphatic heterocycles. The molecule has 3 aromatic rings. The van der Waals surface area contributed by atoms with E-state index in [9.17, 15) is 18.3 Å². The standard InChI is InChI=1S/C18H17N3O4S2/c1-12-16(13-6-3-2-4-7-13)18(12,17(22)23)20-27(24,25)15-9-8-14(26-15)21-11-5-10-19-21/h2-12,16,20H,1H3,(H,22,23)/t12-,16-,18+/m1/s1. The Morgan fingerprint density at radius 2 is 1.96 bits per heavy atom. The molecule has 9 heteroatoms. The van der Waals surface area contributed by atoms with Gasteiger partial charge in [-0.15, -0.1) is 11.3 Å². The van der Waals surface area contributed by atoms with E-state index in [1.807, 2.05) is 30.3 Å². The van der Waals surface area contributed by atoms with Gasteiger partial charge in [0, 0.05) is 18.3 Å². The van der Waals surface area contributed by atoms with E-state index in [1.54, 1.807) is 36.1 Å². The van der Waals surface area contributed by atoms with Crippen molar-refractivity contribution in [2.75, 3.05) is 0 Å². The molecule has 27 heavy (non-hydrogen) atoms.